The van der Waals surface area contributed by atoms with Gasteiger partial charge in [0.25, 0.3) is 0 Å². The minimum absolute atomic E-state index is 0.129. The third-order valence-corrected chi connectivity index (χ3v) is 4.96. The van der Waals surface area contributed by atoms with Gasteiger partial charge < -0.3 is 10.2 Å². The summed E-state index contributed by atoms with van der Waals surface area (Å²) < 4.78 is 0. The first-order valence-electron chi connectivity index (χ1n) is 7.09. The first kappa shape index (κ1) is 19.3. The second kappa shape index (κ2) is 7.05. The second-order valence-corrected chi connectivity index (χ2v) is 7.75. The van der Waals surface area contributed by atoms with Gasteiger partial charge in [0.15, 0.2) is 11.5 Å². The molecule has 6 heteroatoms. The lowest BCUT2D eigenvalue weighted by Crippen LogP contribution is -2.14. The zero-order valence-corrected chi connectivity index (χ0v) is 16.3. The Hall–Kier alpha value is -1.06. The summed E-state index contributed by atoms with van der Waals surface area (Å²) in [4.78, 5) is 0. The maximum atomic E-state index is 9.71. The van der Waals surface area contributed by atoms with Gasteiger partial charge in [-0.25, -0.2) is 0 Å². The van der Waals surface area contributed by atoms with Gasteiger partial charge in [0.05, 0.1) is 20.1 Å². The molecule has 0 spiro atoms. The number of hydrogen-bond acceptors (Lipinski definition) is 2. The first-order valence-corrected chi connectivity index (χ1v) is 8.60. The molecule has 0 saturated heterocycles. The topological polar surface area (TPSA) is 40.5 Å². The SMILES string of the molecule is C/C(=C/C(C)(C)c1cc(Cl)c(O)c(Cl)c1)c1cc(Cl)c(O)c(Cl)c1. The fourth-order valence-corrected chi connectivity index (χ4v) is 3.41. The van der Waals surface area contributed by atoms with Crippen LogP contribution in [0.25, 0.3) is 5.57 Å². The van der Waals surface area contributed by atoms with E-state index in [9.17, 15) is 10.2 Å². The minimum Gasteiger partial charge on any atom is -0.505 e. The van der Waals surface area contributed by atoms with E-state index in [0.29, 0.717) is 0 Å². The largest absolute Gasteiger partial charge is 0.505 e. The van der Waals surface area contributed by atoms with E-state index in [0.717, 1.165) is 16.7 Å². The van der Waals surface area contributed by atoms with E-state index in [2.05, 4.69) is 0 Å². The molecule has 0 amide bonds. The van der Waals surface area contributed by atoms with Gasteiger partial charge in [-0.2, -0.15) is 0 Å². The van der Waals surface area contributed by atoms with E-state index in [1.165, 1.54) is 0 Å². The third kappa shape index (κ3) is 3.94. The third-order valence-electron chi connectivity index (χ3n) is 3.81. The monoisotopic (exact) mass is 404 g/mol. The molecule has 0 aliphatic rings. The van der Waals surface area contributed by atoms with Gasteiger partial charge in [0, 0.05) is 5.41 Å². The molecule has 2 N–H and O–H groups in total. The maximum absolute atomic E-state index is 9.71. The molecule has 0 fully saturated rings. The molecule has 2 aromatic carbocycles. The number of halogens is 4. The van der Waals surface area contributed by atoms with Crippen LogP contribution in [-0.4, -0.2) is 10.2 Å². The highest BCUT2D eigenvalue weighted by Crippen LogP contribution is 2.39. The van der Waals surface area contributed by atoms with Crippen LogP contribution in [0.1, 0.15) is 31.9 Å². The molecule has 0 aromatic heterocycles. The zero-order valence-electron chi connectivity index (χ0n) is 13.3. The standard InChI is InChI=1S/C18H16Cl4O2/c1-9(10-4-12(19)16(23)13(20)5-10)8-18(2,3)11-6-14(21)17(24)15(22)7-11/h4-8,23-24H,1-3H3/b9-8-. The average Bonchev–Trinajstić information content (AvgIpc) is 2.48. The van der Waals surface area contributed by atoms with Crippen molar-refractivity contribution in [3.05, 3.63) is 61.6 Å². The lowest BCUT2D eigenvalue weighted by atomic mass is 9.82. The predicted octanol–water partition coefficient (Wildman–Crippen LogP) is 7.09. The lowest BCUT2D eigenvalue weighted by molar-refractivity contribution is 0.475. The number of benzene rings is 2. The highest BCUT2D eigenvalue weighted by atomic mass is 35.5. The summed E-state index contributed by atoms with van der Waals surface area (Å²) in [6, 6.07) is 6.68. The number of phenolic OH excluding ortho intramolecular Hbond substituents is 2. The van der Waals surface area contributed by atoms with Crippen molar-refractivity contribution in [3.63, 3.8) is 0 Å². The minimum atomic E-state index is -0.415. The van der Waals surface area contributed by atoms with Gasteiger partial charge in [0.1, 0.15) is 0 Å². The van der Waals surface area contributed by atoms with Crippen LogP contribution in [-0.2, 0) is 5.41 Å². The molecule has 2 nitrogen and oxygen atoms in total. The second-order valence-electron chi connectivity index (χ2n) is 6.13. The lowest BCUT2D eigenvalue weighted by Gasteiger charge is -2.23. The van der Waals surface area contributed by atoms with Gasteiger partial charge in [-0.05, 0) is 47.9 Å². The fourth-order valence-electron chi connectivity index (χ4n) is 2.44. The highest BCUT2D eigenvalue weighted by Gasteiger charge is 2.21. The maximum Gasteiger partial charge on any atom is 0.152 e. The van der Waals surface area contributed by atoms with Crippen molar-refractivity contribution in [2.75, 3.05) is 0 Å². The molecular weight excluding hydrogens is 390 g/mol. The van der Waals surface area contributed by atoms with Crippen LogP contribution in [0.2, 0.25) is 20.1 Å². The highest BCUT2D eigenvalue weighted by molar-refractivity contribution is 6.37. The first-order chi connectivity index (χ1) is 11.0. The van der Waals surface area contributed by atoms with Crippen molar-refractivity contribution in [3.8, 4) is 11.5 Å². The van der Waals surface area contributed by atoms with Crippen molar-refractivity contribution in [2.24, 2.45) is 0 Å². The molecule has 0 aliphatic carbocycles. The molecule has 24 heavy (non-hydrogen) atoms. The molecule has 0 heterocycles. The molecule has 0 bridgehead atoms. The molecular formula is C18H16Cl4O2. The van der Waals surface area contributed by atoms with Crippen molar-refractivity contribution in [1.29, 1.82) is 0 Å². The Bertz CT molecular complexity index is 780. The molecule has 0 unspecified atom stereocenters. The van der Waals surface area contributed by atoms with E-state index in [1.54, 1.807) is 24.3 Å². The van der Waals surface area contributed by atoms with Crippen molar-refractivity contribution < 1.29 is 10.2 Å². The van der Waals surface area contributed by atoms with Crippen LogP contribution in [0, 0.1) is 0 Å². The summed E-state index contributed by atoms with van der Waals surface area (Å²) in [7, 11) is 0. The molecule has 0 saturated carbocycles. The molecule has 0 radical (unpaired) electrons. The Balaban J connectivity index is 2.48. The van der Waals surface area contributed by atoms with Gasteiger partial charge in [0.2, 0.25) is 0 Å². The number of allylic oxidation sites excluding steroid dienone is 2. The van der Waals surface area contributed by atoms with Crippen LogP contribution in [0.5, 0.6) is 11.5 Å². The predicted molar refractivity (Wildman–Crippen MR) is 103 cm³/mol. The van der Waals surface area contributed by atoms with E-state index in [1.807, 2.05) is 26.8 Å². The van der Waals surface area contributed by atoms with Crippen LogP contribution in [0.3, 0.4) is 0 Å². The summed E-state index contributed by atoms with van der Waals surface area (Å²) in [5.74, 6) is -0.262. The van der Waals surface area contributed by atoms with Gasteiger partial charge in [-0.1, -0.05) is 66.3 Å². The van der Waals surface area contributed by atoms with Crippen LogP contribution in [0.15, 0.2) is 30.3 Å². The van der Waals surface area contributed by atoms with Crippen molar-refractivity contribution >= 4 is 52.0 Å². The summed E-state index contributed by atoms with van der Waals surface area (Å²) in [6.07, 6.45) is 2.02. The molecule has 2 rings (SSSR count). The Kier molecular flexibility index (Phi) is 5.66. The van der Waals surface area contributed by atoms with E-state index >= 15 is 0 Å². The Morgan fingerprint density at radius 3 is 1.62 bits per heavy atom. The smallest absolute Gasteiger partial charge is 0.152 e. The van der Waals surface area contributed by atoms with Gasteiger partial charge in [-0.3, -0.25) is 0 Å². The van der Waals surface area contributed by atoms with Crippen molar-refractivity contribution in [1.82, 2.24) is 0 Å². The molecule has 0 aliphatic heterocycles. The summed E-state index contributed by atoms with van der Waals surface area (Å²) in [5, 5.41) is 20.2. The number of phenols is 2. The van der Waals surface area contributed by atoms with Crippen molar-refractivity contribution in [2.45, 2.75) is 26.2 Å². The van der Waals surface area contributed by atoms with Crippen LogP contribution < -0.4 is 0 Å². The fraction of sp³-hybridized carbons (Fsp3) is 0.222. The Labute approximate surface area is 161 Å². The molecule has 128 valence electrons. The quantitative estimate of drug-likeness (QED) is 0.571. The number of aromatic hydroxyl groups is 2. The summed E-state index contributed by atoms with van der Waals surface area (Å²) in [6.45, 7) is 5.92. The Morgan fingerprint density at radius 1 is 0.833 bits per heavy atom. The summed E-state index contributed by atoms with van der Waals surface area (Å²) >= 11 is 24.0. The summed E-state index contributed by atoms with van der Waals surface area (Å²) in [5.41, 5.74) is 2.16. The number of rotatable bonds is 3. The Morgan fingerprint density at radius 2 is 1.21 bits per heavy atom. The number of hydrogen-bond donors (Lipinski definition) is 2. The van der Waals surface area contributed by atoms with Gasteiger partial charge >= 0.3 is 0 Å². The normalized spacial score (nSPS) is 12.5. The van der Waals surface area contributed by atoms with E-state index in [4.69, 9.17) is 46.4 Å². The molecule has 2 aromatic rings. The van der Waals surface area contributed by atoms with E-state index < -0.39 is 5.41 Å². The average molecular weight is 406 g/mol. The van der Waals surface area contributed by atoms with Gasteiger partial charge in [-0.15, -0.1) is 0 Å². The van der Waals surface area contributed by atoms with Crippen LogP contribution in [0.4, 0.5) is 0 Å². The van der Waals surface area contributed by atoms with E-state index in [-0.39, 0.29) is 31.6 Å². The van der Waals surface area contributed by atoms with Crippen LogP contribution >= 0.6 is 46.4 Å². The molecule has 0 atom stereocenters. The zero-order chi connectivity index (χ0) is 18.2.